The van der Waals surface area contributed by atoms with E-state index in [-0.39, 0.29) is 5.92 Å². The number of ether oxygens (including phenoxy) is 3. The number of carbonyl (C=O) groups is 1. The molecule has 2 rings (SSSR count). The summed E-state index contributed by atoms with van der Waals surface area (Å²) in [5, 5.41) is 6.89. The van der Waals surface area contributed by atoms with Gasteiger partial charge in [-0.3, -0.25) is 9.79 Å². The summed E-state index contributed by atoms with van der Waals surface area (Å²) in [6, 6.07) is 4.03. The average molecular weight is 449 g/mol. The highest BCUT2D eigenvalue weighted by molar-refractivity contribution is 5.80. The van der Waals surface area contributed by atoms with Crippen LogP contribution in [0.2, 0.25) is 0 Å². The minimum atomic E-state index is 0.154. The van der Waals surface area contributed by atoms with E-state index in [1.54, 1.807) is 28.4 Å². The van der Waals surface area contributed by atoms with Crippen LogP contribution in [-0.4, -0.2) is 70.8 Å². The molecule has 1 aromatic rings. The van der Waals surface area contributed by atoms with Crippen LogP contribution in [0.3, 0.4) is 0 Å². The molecule has 32 heavy (non-hydrogen) atoms. The highest BCUT2D eigenvalue weighted by Crippen LogP contribution is 2.34. The first kappa shape index (κ1) is 25.6. The summed E-state index contributed by atoms with van der Waals surface area (Å²) in [4.78, 5) is 19.0. The summed E-state index contributed by atoms with van der Waals surface area (Å²) < 4.78 is 16.4. The summed E-state index contributed by atoms with van der Waals surface area (Å²) in [6.07, 6.45) is 4.38. The number of benzene rings is 1. The van der Waals surface area contributed by atoms with Crippen LogP contribution < -0.4 is 24.8 Å². The van der Waals surface area contributed by atoms with E-state index in [2.05, 4.69) is 29.5 Å². The maximum absolute atomic E-state index is 12.6. The number of nitrogens with zero attached hydrogens (tertiary/aromatic N) is 2. The van der Waals surface area contributed by atoms with Crippen LogP contribution >= 0.6 is 0 Å². The van der Waals surface area contributed by atoms with Gasteiger partial charge in [-0.25, -0.2) is 0 Å². The van der Waals surface area contributed by atoms with Crippen molar-refractivity contribution in [2.75, 3.05) is 48.0 Å². The van der Waals surface area contributed by atoms with Gasteiger partial charge in [0.15, 0.2) is 5.96 Å². The Morgan fingerprint density at radius 1 is 1.09 bits per heavy atom. The van der Waals surface area contributed by atoms with Crippen molar-refractivity contribution < 1.29 is 19.0 Å². The maximum Gasteiger partial charge on any atom is 0.225 e. The second kappa shape index (κ2) is 13.0. The fourth-order valence-corrected chi connectivity index (χ4v) is 4.16. The number of amides is 1. The van der Waals surface area contributed by atoms with Crippen LogP contribution in [0, 0.1) is 5.92 Å². The van der Waals surface area contributed by atoms with E-state index in [9.17, 15) is 4.79 Å². The molecular formula is C24H40N4O4. The molecule has 1 saturated heterocycles. The molecule has 2 N–H and O–H groups in total. The largest absolute Gasteiger partial charge is 0.496 e. The fourth-order valence-electron chi connectivity index (χ4n) is 4.16. The van der Waals surface area contributed by atoms with E-state index in [0.29, 0.717) is 30.7 Å². The van der Waals surface area contributed by atoms with Crippen molar-refractivity contribution in [2.24, 2.45) is 10.9 Å². The Kier molecular flexibility index (Phi) is 10.4. The van der Waals surface area contributed by atoms with Gasteiger partial charge in [0.1, 0.15) is 17.2 Å². The summed E-state index contributed by atoms with van der Waals surface area (Å²) in [7, 11) is 6.69. The monoisotopic (exact) mass is 448 g/mol. The summed E-state index contributed by atoms with van der Waals surface area (Å²) in [5.41, 5.74) is 0.979. The quantitative estimate of drug-likeness (QED) is 0.423. The summed E-state index contributed by atoms with van der Waals surface area (Å²) in [6.45, 7) is 6.44. The van der Waals surface area contributed by atoms with Crippen LogP contribution in [0.4, 0.5) is 0 Å². The molecule has 0 unspecified atom stereocenters. The molecule has 0 atom stereocenters. The second-order valence-electron chi connectivity index (χ2n) is 8.02. The number of guanidine groups is 1. The molecule has 1 aliphatic heterocycles. The van der Waals surface area contributed by atoms with Gasteiger partial charge in [0, 0.05) is 56.3 Å². The third kappa shape index (κ3) is 6.68. The van der Waals surface area contributed by atoms with Crippen molar-refractivity contribution in [3.8, 4) is 17.2 Å². The number of piperidine rings is 1. The van der Waals surface area contributed by atoms with Crippen molar-refractivity contribution in [2.45, 2.75) is 52.0 Å². The molecule has 0 saturated carbocycles. The van der Waals surface area contributed by atoms with E-state index in [0.717, 1.165) is 61.8 Å². The third-order valence-electron chi connectivity index (χ3n) is 6.19. The van der Waals surface area contributed by atoms with Gasteiger partial charge in [0.2, 0.25) is 5.91 Å². The minimum absolute atomic E-state index is 0.154. The smallest absolute Gasteiger partial charge is 0.225 e. The molecule has 0 aliphatic carbocycles. The van der Waals surface area contributed by atoms with Gasteiger partial charge in [-0.05, 0) is 32.1 Å². The van der Waals surface area contributed by atoms with Gasteiger partial charge in [-0.1, -0.05) is 13.8 Å². The molecule has 0 aromatic heterocycles. The van der Waals surface area contributed by atoms with Gasteiger partial charge in [0.05, 0.1) is 21.3 Å². The average Bonchev–Trinajstić information content (AvgIpc) is 2.84. The predicted molar refractivity (Wildman–Crippen MR) is 128 cm³/mol. The molecule has 0 spiro atoms. The Morgan fingerprint density at radius 3 is 2.16 bits per heavy atom. The highest BCUT2D eigenvalue weighted by Gasteiger charge is 2.26. The lowest BCUT2D eigenvalue weighted by Gasteiger charge is -2.34. The first-order valence-corrected chi connectivity index (χ1v) is 11.6. The Labute approximate surface area is 192 Å². The molecule has 8 heteroatoms. The topological polar surface area (TPSA) is 84.4 Å². The van der Waals surface area contributed by atoms with E-state index in [1.165, 1.54) is 0 Å². The SMILES string of the molecule is CCC(CC)C(=O)N1CCC(NC(=NC)NCCc2c(OC)cc(OC)cc2OC)CC1. The fraction of sp³-hybridized carbons (Fsp3) is 0.667. The molecule has 1 heterocycles. The zero-order valence-corrected chi connectivity index (χ0v) is 20.5. The summed E-state index contributed by atoms with van der Waals surface area (Å²) in [5.74, 6) is 3.39. The van der Waals surface area contributed by atoms with Crippen molar-refractivity contribution in [1.82, 2.24) is 15.5 Å². The van der Waals surface area contributed by atoms with E-state index in [4.69, 9.17) is 14.2 Å². The lowest BCUT2D eigenvalue weighted by atomic mass is 9.98. The molecule has 8 nitrogen and oxygen atoms in total. The van der Waals surface area contributed by atoms with Crippen LogP contribution in [0.25, 0.3) is 0 Å². The molecule has 1 aromatic carbocycles. The highest BCUT2D eigenvalue weighted by atomic mass is 16.5. The molecular weight excluding hydrogens is 408 g/mol. The summed E-state index contributed by atoms with van der Waals surface area (Å²) >= 11 is 0. The third-order valence-corrected chi connectivity index (χ3v) is 6.19. The van der Waals surface area contributed by atoms with Crippen molar-refractivity contribution >= 4 is 11.9 Å². The van der Waals surface area contributed by atoms with Crippen LogP contribution in [0.15, 0.2) is 17.1 Å². The number of rotatable bonds is 10. The number of carbonyl (C=O) groups excluding carboxylic acids is 1. The number of hydrogen-bond acceptors (Lipinski definition) is 5. The zero-order valence-electron chi connectivity index (χ0n) is 20.5. The van der Waals surface area contributed by atoms with E-state index < -0.39 is 0 Å². The van der Waals surface area contributed by atoms with Gasteiger partial charge in [-0.2, -0.15) is 0 Å². The lowest BCUT2D eigenvalue weighted by molar-refractivity contribution is -0.136. The van der Waals surface area contributed by atoms with Crippen molar-refractivity contribution in [3.63, 3.8) is 0 Å². The molecule has 180 valence electrons. The van der Waals surface area contributed by atoms with Crippen LogP contribution in [-0.2, 0) is 11.2 Å². The van der Waals surface area contributed by atoms with Crippen LogP contribution in [0.5, 0.6) is 17.2 Å². The van der Waals surface area contributed by atoms with Crippen molar-refractivity contribution in [1.29, 1.82) is 0 Å². The molecule has 1 fully saturated rings. The van der Waals surface area contributed by atoms with Gasteiger partial charge >= 0.3 is 0 Å². The second-order valence-corrected chi connectivity index (χ2v) is 8.02. The maximum atomic E-state index is 12.6. The normalized spacial score (nSPS) is 15.0. The van der Waals surface area contributed by atoms with E-state index in [1.807, 2.05) is 17.0 Å². The molecule has 1 aliphatic rings. The number of methoxy groups -OCH3 is 3. The Bertz CT molecular complexity index is 731. The van der Waals surface area contributed by atoms with Gasteiger partial charge < -0.3 is 29.7 Å². The number of likely N-dealkylation sites (tertiary alicyclic amines) is 1. The number of hydrogen-bond donors (Lipinski definition) is 2. The van der Waals surface area contributed by atoms with Gasteiger partial charge in [-0.15, -0.1) is 0 Å². The number of nitrogens with one attached hydrogen (secondary N) is 2. The Balaban J connectivity index is 1.87. The van der Waals surface area contributed by atoms with Crippen molar-refractivity contribution in [3.05, 3.63) is 17.7 Å². The molecule has 1 amide bonds. The Hall–Kier alpha value is -2.64. The first-order chi connectivity index (χ1) is 15.5. The van der Waals surface area contributed by atoms with E-state index >= 15 is 0 Å². The zero-order chi connectivity index (χ0) is 23.5. The molecule has 0 bridgehead atoms. The lowest BCUT2D eigenvalue weighted by Crippen LogP contribution is -2.50. The molecule has 0 radical (unpaired) electrons. The first-order valence-electron chi connectivity index (χ1n) is 11.6. The Morgan fingerprint density at radius 2 is 1.69 bits per heavy atom. The number of aliphatic imine (C=N–C) groups is 1. The standard InChI is InChI=1S/C24H40N4O4/c1-7-17(8-2)23(29)28-13-10-18(11-14-28)27-24(25-3)26-12-9-20-21(31-5)15-19(30-4)16-22(20)32-6/h15-18H,7-14H2,1-6H3,(H2,25,26,27). The predicted octanol–water partition coefficient (Wildman–Crippen LogP) is 2.85. The van der Waals surface area contributed by atoms with Gasteiger partial charge in [0.25, 0.3) is 0 Å². The minimum Gasteiger partial charge on any atom is -0.496 e. The van der Waals surface area contributed by atoms with Crippen LogP contribution in [0.1, 0.15) is 45.1 Å².